The SMILES string of the molecule is CC(=O)c1cc(N)cc2[nH]cnc12. The number of ketones is 1. The topological polar surface area (TPSA) is 71.8 Å². The summed E-state index contributed by atoms with van der Waals surface area (Å²) in [6.07, 6.45) is 1.55. The van der Waals surface area contributed by atoms with Crippen molar-refractivity contribution in [3.8, 4) is 0 Å². The molecular formula is C9H9N3O. The number of carbonyl (C=O) groups is 1. The van der Waals surface area contributed by atoms with Gasteiger partial charge in [0.2, 0.25) is 0 Å². The van der Waals surface area contributed by atoms with Gasteiger partial charge in [-0.15, -0.1) is 0 Å². The smallest absolute Gasteiger partial charge is 0.162 e. The van der Waals surface area contributed by atoms with Gasteiger partial charge < -0.3 is 10.7 Å². The van der Waals surface area contributed by atoms with Crippen molar-refractivity contribution in [2.75, 3.05) is 5.73 Å². The van der Waals surface area contributed by atoms with Crippen molar-refractivity contribution in [3.05, 3.63) is 24.0 Å². The van der Waals surface area contributed by atoms with Crippen molar-refractivity contribution in [3.63, 3.8) is 0 Å². The molecule has 0 spiro atoms. The first-order valence-corrected chi connectivity index (χ1v) is 3.92. The van der Waals surface area contributed by atoms with Crippen LogP contribution in [0, 0.1) is 0 Å². The molecule has 0 radical (unpaired) electrons. The van der Waals surface area contributed by atoms with Crippen LogP contribution in [0.2, 0.25) is 0 Å². The molecule has 0 unspecified atom stereocenters. The fraction of sp³-hybridized carbons (Fsp3) is 0.111. The molecule has 1 aromatic carbocycles. The lowest BCUT2D eigenvalue weighted by Gasteiger charge is -1.99. The number of anilines is 1. The number of nitrogens with one attached hydrogen (secondary N) is 1. The second-order valence-electron chi connectivity index (χ2n) is 2.92. The first-order valence-electron chi connectivity index (χ1n) is 3.92. The predicted octanol–water partition coefficient (Wildman–Crippen LogP) is 1.35. The average molecular weight is 175 g/mol. The van der Waals surface area contributed by atoms with Gasteiger partial charge in [0.15, 0.2) is 5.78 Å². The number of imidazole rings is 1. The van der Waals surface area contributed by atoms with Crippen molar-refractivity contribution in [1.29, 1.82) is 0 Å². The second-order valence-corrected chi connectivity index (χ2v) is 2.92. The summed E-state index contributed by atoms with van der Waals surface area (Å²) in [5.41, 5.74) is 8.24. The molecule has 0 aliphatic heterocycles. The van der Waals surface area contributed by atoms with E-state index in [1.54, 1.807) is 18.5 Å². The number of benzene rings is 1. The summed E-state index contributed by atoms with van der Waals surface area (Å²) in [6.45, 7) is 1.50. The number of carbonyl (C=O) groups excluding carboxylic acids is 1. The Morgan fingerprint density at radius 2 is 2.31 bits per heavy atom. The number of aromatic nitrogens is 2. The highest BCUT2D eigenvalue weighted by molar-refractivity contribution is 6.05. The van der Waals surface area contributed by atoms with Crippen LogP contribution in [0.4, 0.5) is 5.69 Å². The van der Waals surface area contributed by atoms with Crippen molar-refractivity contribution in [1.82, 2.24) is 9.97 Å². The van der Waals surface area contributed by atoms with E-state index >= 15 is 0 Å². The van der Waals surface area contributed by atoms with Crippen molar-refractivity contribution in [2.45, 2.75) is 6.92 Å². The first kappa shape index (κ1) is 7.79. The van der Waals surface area contributed by atoms with Crippen LogP contribution >= 0.6 is 0 Å². The maximum atomic E-state index is 11.2. The molecular weight excluding hydrogens is 166 g/mol. The van der Waals surface area contributed by atoms with E-state index in [-0.39, 0.29) is 5.78 Å². The van der Waals surface area contributed by atoms with E-state index in [1.807, 2.05) is 0 Å². The molecule has 4 heteroatoms. The van der Waals surface area contributed by atoms with Gasteiger partial charge in [0, 0.05) is 11.3 Å². The third-order valence-electron chi connectivity index (χ3n) is 1.93. The van der Waals surface area contributed by atoms with Gasteiger partial charge in [-0.2, -0.15) is 0 Å². The fourth-order valence-electron chi connectivity index (χ4n) is 1.34. The Morgan fingerprint density at radius 3 is 3.00 bits per heavy atom. The molecule has 0 amide bonds. The van der Waals surface area contributed by atoms with Crippen LogP contribution in [-0.2, 0) is 0 Å². The largest absolute Gasteiger partial charge is 0.399 e. The van der Waals surface area contributed by atoms with Crippen LogP contribution in [0.25, 0.3) is 11.0 Å². The van der Waals surface area contributed by atoms with Gasteiger partial charge in [-0.1, -0.05) is 0 Å². The summed E-state index contributed by atoms with van der Waals surface area (Å²) in [6, 6.07) is 3.40. The molecule has 2 aromatic rings. The zero-order chi connectivity index (χ0) is 9.42. The molecule has 0 saturated carbocycles. The highest BCUT2D eigenvalue weighted by Gasteiger charge is 2.08. The van der Waals surface area contributed by atoms with E-state index in [1.165, 1.54) is 6.92 Å². The van der Waals surface area contributed by atoms with Gasteiger partial charge in [-0.05, 0) is 19.1 Å². The quantitative estimate of drug-likeness (QED) is 0.507. The van der Waals surface area contributed by atoms with Gasteiger partial charge >= 0.3 is 0 Å². The second kappa shape index (κ2) is 2.58. The molecule has 66 valence electrons. The number of H-pyrrole nitrogens is 1. The number of nitrogens with zero attached hydrogens (tertiary/aromatic N) is 1. The molecule has 0 aliphatic rings. The van der Waals surface area contributed by atoms with Gasteiger partial charge in [-0.25, -0.2) is 4.98 Å². The third kappa shape index (κ3) is 1.16. The highest BCUT2D eigenvalue weighted by atomic mass is 16.1. The number of nitrogen functional groups attached to an aromatic ring is 1. The number of aromatic amines is 1. The van der Waals surface area contributed by atoms with Crippen LogP contribution < -0.4 is 5.73 Å². The molecule has 0 atom stereocenters. The summed E-state index contributed by atoms with van der Waals surface area (Å²) < 4.78 is 0. The highest BCUT2D eigenvalue weighted by Crippen LogP contribution is 2.19. The Morgan fingerprint density at radius 1 is 1.54 bits per heavy atom. The minimum absolute atomic E-state index is 0.0237. The van der Waals surface area contributed by atoms with Crippen LogP contribution in [0.3, 0.4) is 0 Å². The van der Waals surface area contributed by atoms with Gasteiger partial charge in [0.1, 0.15) is 0 Å². The molecule has 1 aromatic heterocycles. The first-order chi connectivity index (χ1) is 6.18. The monoisotopic (exact) mass is 175 g/mol. The number of fused-ring (bicyclic) bond motifs is 1. The summed E-state index contributed by atoms with van der Waals surface area (Å²) in [5, 5.41) is 0. The Balaban J connectivity index is 2.84. The Hall–Kier alpha value is -1.84. The maximum Gasteiger partial charge on any atom is 0.162 e. The zero-order valence-corrected chi connectivity index (χ0v) is 7.16. The van der Waals surface area contributed by atoms with E-state index in [0.29, 0.717) is 16.8 Å². The van der Waals surface area contributed by atoms with Crippen LogP contribution in [0.15, 0.2) is 18.5 Å². The number of nitrogens with two attached hydrogens (primary N) is 1. The summed E-state index contributed by atoms with van der Waals surface area (Å²) in [7, 11) is 0. The number of hydrogen-bond acceptors (Lipinski definition) is 3. The summed E-state index contributed by atoms with van der Waals surface area (Å²) in [5.74, 6) is -0.0237. The molecule has 0 aliphatic carbocycles. The van der Waals surface area contributed by atoms with E-state index in [0.717, 1.165) is 5.52 Å². The van der Waals surface area contributed by atoms with Gasteiger partial charge in [0.05, 0.1) is 17.4 Å². The number of hydrogen-bond donors (Lipinski definition) is 2. The Kier molecular flexibility index (Phi) is 1.55. The molecule has 0 bridgehead atoms. The molecule has 3 N–H and O–H groups in total. The molecule has 0 fully saturated rings. The van der Waals surface area contributed by atoms with E-state index < -0.39 is 0 Å². The number of Topliss-reactive ketones (excluding diaryl/α,β-unsaturated/α-hetero) is 1. The molecule has 1 heterocycles. The van der Waals surface area contributed by atoms with E-state index in [2.05, 4.69) is 9.97 Å². The van der Waals surface area contributed by atoms with Crippen LogP contribution in [-0.4, -0.2) is 15.8 Å². The van der Waals surface area contributed by atoms with Crippen molar-refractivity contribution >= 4 is 22.5 Å². The summed E-state index contributed by atoms with van der Waals surface area (Å²) in [4.78, 5) is 18.2. The predicted molar refractivity (Wildman–Crippen MR) is 50.5 cm³/mol. The molecule has 13 heavy (non-hydrogen) atoms. The maximum absolute atomic E-state index is 11.2. The van der Waals surface area contributed by atoms with Crippen LogP contribution in [0.1, 0.15) is 17.3 Å². The summed E-state index contributed by atoms with van der Waals surface area (Å²) >= 11 is 0. The lowest BCUT2D eigenvalue weighted by Crippen LogP contribution is -1.96. The van der Waals surface area contributed by atoms with Gasteiger partial charge in [-0.3, -0.25) is 4.79 Å². The van der Waals surface area contributed by atoms with E-state index in [4.69, 9.17) is 5.73 Å². The Labute approximate surface area is 74.8 Å². The standard InChI is InChI=1S/C9H9N3O/c1-5(13)7-2-6(10)3-8-9(7)12-4-11-8/h2-4H,10H2,1H3,(H,11,12). The minimum Gasteiger partial charge on any atom is -0.399 e. The fourth-order valence-corrected chi connectivity index (χ4v) is 1.34. The Bertz CT molecular complexity index is 473. The zero-order valence-electron chi connectivity index (χ0n) is 7.16. The van der Waals surface area contributed by atoms with Gasteiger partial charge in [0.25, 0.3) is 0 Å². The molecule has 0 saturated heterocycles. The van der Waals surface area contributed by atoms with Crippen molar-refractivity contribution in [2.24, 2.45) is 0 Å². The van der Waals surface area contributed by atoms with E-state index in [9.17, 15) is 4.79 Å². The lowest BCUT2D eigenvalue weighted by molar-refractivity contribution is 0.101. The molecule has 2 rings (SSSR count). The average Bonchev–Trinajstić information content (AvgIpc) is 2.49. The lowest BCUT2D eigenvalue weighted by atomic mass is 10.1. The van der Waals surface area contributed by atoms with Crippen molar-refractivity contribution < 1.29 is 4.79 Å². The molecule has 4 nitrogen and oxygen atoms in total. The minimum atomic E-state index is -0.0237. The normalized spacial score (nSPS) is 10.5. The third-order valence-corrected chi connectivity index (χ3v) is 1.93. The van der Waals surface area contributed by atoms with Crippen LogP contribution in [0.5, 0.6) is 0 Å². The number of rotatable bonds is 1.